The molecule has 7 heteroatoms. The molecule has 0 saturated carbocycles. The van der Waals surface area contributed by atoms with Crippen LogP contribution in [0.5, 0.6) is 0 Å². The monoisotopic (exact) mass is 520 g/mol. The van der Waals surface area contributed by atoms with Gasteiger partial charge in [0.15, 0.2) is 5.11 Å². The molecule has 0 unspecified atom stereocenters. The van der Waals surface area contributed by atoms with Crippen molar-refractivity contribution < 1.29 is 4.39 Å². The number of pyridine rings is 1. The number of aryl methyl sites for hydroxylation is 1. The largest absolute Gasteiger partial charge is 0.351 e. The predicted molar refractivity (Wildman–Crippen MR) is 137 cm³/mol. The number of nitrogens with one attached hydrogen (secondary N) is 1. The summed E-state index contributed by atoms with van der Waals surface area (Å²) in [6.45, 7) is 4.24. The topological polar surface area (TPSA) is 33.1 Å². The Kier molecular flexibility index (Phi) is 5.76. The molecule has 2 atom stereocenters. The van der Waals surface area contributed by atoms with Crippen molar-refractivity contribution in [2.75, 3.05) is 4.90 Å². The molecule has 0 bridgehead atoms. The van der Waals surface area contributed by atoms with E-state index in [2.05, 4.69) is 67.7 Å². The van der Waals surface area contributed by atoms with Crippen LogP contribution in [0.25, 0.3) is 5.69 Å². The molecule has 4 aromatic rings. The quantitative estimate of drug-likeness (QED) is 0.308. The van der Waals surface area contributed by atoms with Gasteiger partial charge in [-0.05, 0) is 92.3 Å². The van der Waals surface area contributed by atoms with E-state index in [-0.39, 0.29) is 17.9 Å². The first kappa shape index (κ1) is 21.8. The van der Waals surface area contributed by atoms with Crippen LogP contribution in [0.3, 0.4) is 0 Å². The summed E-state index contributed by atoms with van der Waals surface area (Å²) in [7, 11) is 0. The van der Waals surface area contributed by atoms with Gasteiger partial charge in [-0.15, -0.1) is 0 Å². The average molecular weight is 521 g/mol. The van der Waals surface area contributed by atoms with Gasteiger partial charge in [-0.2, -0.15) is 0 Å². The second-order valence-corrected chi connectivity index (χ2v) is 9.42. The lowest BCUT2D eigenvalue weighted by atomic mass is 9.96. The minimum absolute atomic E-state index is 0.148. The minimum atomic E-state index is -0.275. The van der Waals surface area contributed by atoms with Gasteiger partial charge in [0.1, 0.15) is 5.82 Å². The van der Waals surface area contributed by atoms with E-state index in [1.165, 1.54) is 12.1 Å². The summed E-state index contributed by atoms with van der Waals surface area (Å²) in [5, 5.41) is 4.06. The zero-order valence-corrected chi connectivity index (χ0v) is 20.6. The van der Waals surface area contributed by atoms with E-state index in [4.69, 9.17) is 12.2 Å². The molecule has 0 aliphatic carbocycles. The van der Waals surface area contributed by atoms with Crippen molar-refractivity contribution in [1.82, 2.24) is 14.9 Å². The fraction of sp³-hybridized carbons (Fsp3) is 0.154. The molecule has 33 heavy (non-hydrogen) atoms. The molecule has 0 spiro atoms. The van der Waals surface area contributed by atoms with Crippen LogP contribution in [0.15, 0.2) is 83.5 Å². The van der Waals surface area contributed by atoms with Crippen molar-refractivity contribution in [2.45, 2.75) is 25.9 Å². The van der Waals surface area contributed by atoms with Crippen LogP contribution in [0, 0.1) is 19.7 Å². The number of nitrogens with zero attached hydrogens (tertiary/aromatic N) is 3. The predicted octanol–water partition coefficient (Wildman–Crippen LogP) is 6.57. The van der Waals surface area contributed by atoms with Gasteiger partial charge in [0.25, 0.3) is 0 Å². The van der Waals surface area contributed by atoms with Crippen molar-refractivity contribution in [3.63, 3.8) is 0 Å². The minimum Gasteiger partial charge on any atom is -0.351 e. The highest BCUT2D eigenvalue weighted by Crippen LogP contribution is 2.43. The molecule has 1 fully saturated rings. The number of aromatic nitrogens is 2. The van der Waals surface area contributed by atoms with Gasteiger partial charge in [-0.1, -0.05) is 28.1 Å². The number of hydrogen-bond acceptors (Lipinski definition) is 2. The Bertz CT molecular complexity index is 1320. The zero-order chi connectivity index (χ0) is 23.1. The number of rotatable bonds is 4. The third-order valence-electron chi connectivity index (χ3n) is 6.06. The van der Waals surface area contributed by atoms with E-state index < -0.39 is 0 Å². The summed E-state index contributed by atoms with van der Waals surface area (Å²) in [5.74, 6) is -0.275. The van der Waals surface area contributed by atoms with Crippen LogP contribution in [0.2, 0.25) is 0 Å². The first-order valence-electron chi connectivity index (χ1n) is 10.6. The van der Waals surface area contributed by atoms with Gasteiger partial charge in [-0.25, -0.2) is 4.39 Å². The summed E-state index contributed by atoms with van der Waals surface area (Å²) < 4.78 is 17.0. The van der Waals surface area contributed by atoms with Gasteiger partial charge >= 0.3 is 0 Å². The van der Waals surface area contributed by atoms with E-state index in [0.29, 0.717) is 5.11 Å². The number of hydrogen-bond donors (Lipinski definition) is 1. The molecule has 0 radical (unpaired) electrons. The molecule has 1 aliphatic heterocycles. The molecule has 1 saturated heterocycles. The first-order valence-corrected chi connectivity index (χ1v) is 11.8. The summed E-state index contributed by atoms with van der Waals surface area (Å²) in [6, 6.07) is 22.5. The Morgan fingerprint density at radius 1 is 0.970 bits per heavy atom. The van der Waals surface area contributed by atoms with Crippen LogP contribution in [-0.4, -0.2) is 14.7 Å². The number of anilines is 1. The van der Waals surface area contributed by atoms with Crippen molar-refractivity contribution >= 4 is 38.9 Å². The molecule has 2 aromatic carbocycles. The van der Waals surface area contributed by atoms with E-state index in [1.54, 1.807) is 18.3 Å². The smallest absolute Gasteiger partial charge is 0.174 e. The van der Waals surface area contributed by atoms with Crippen LogP contribution < -0.4 is 10.2 Å². The van der Waals surface area contributed by atoms with Gasteiger partial charge in [-0.3, -0.25) is 4.98 Å². The fourth-order valence-electron chi connectivity index (χ4n) is 4.65. The Balaban J connectivity index is 1.68. The molecular weight excluding hydrogens is 499 g/mol. The van der Waals surface area contributed by atoms with Crippen molar-refractivity contribution in [3.8, 4) is 5.69 Å². The molecule has 2 aromatic heterocycles. The van der Waals surface area contributed by atoms with Crippen LogP contribution in [0.4, 0.5) is 10.1 Å². The van der Waals surface area contributed by atoms with E-state index >= 15 is 0 Å². The Morgan fingerprint density at radius 3 is 2.45 bits per heavy atom. The molecule has 4 nitrogen and oxygen atoms in total. The summed E-state index contributed by atoms with van der Waals surface area (Å²) in [5.41, 5.74) is 6.21. The summed E-state index contributed by atoms with van der Waals surface area (Å²) >= 11 is 9.37. The molecule has 1 aliphatic rings. The number of benzene rings is 2. The fourth-order valence-corrected chi connectivity index (χ4v) is 5.38. The molecule has 166 valence electrons. The second-order valence-electron chi connectivity index (χ2n) is 8.11. The molecule has 5 rings (SSSR count). The Morgan fingerprint density at radius 2 is 1.76 bits per heavy atom. The van der Waals surface area contributed by atoms with Crippen molar-refractivity contribution in [3.05, 3.63) is 112 Å². The molecule has 0 amide bonds. The van der Waals surface area contributed by atoms with E-state index in [0.717, 1.165) is 38.5 Å². The van der Waals surface area contributed by atoms with Gasteiger partial charge in [0, 0.05) is 33.4 Å². The second kappa shape index (κ2) is 8.72. The maximum absolute atomic E-state index is 13.7. The van der Waals surface area contributed by atoms with E-state index in [9.17, 15) is 4.39 Å². The highest BCUT2D eigenvalue weighted by atomic mass is 79.9. The van der Waals surface area contributed by atoms with Crippen LogP contribution >= 0.6 is 28.1 Å². The van der Waals surface area contributed by atoms with Gasteiger partial charge in [0.05, 0.1) is 17.8 Å². The third kappa shape index (κ3) is 3.96. The lowest BCUT2D eigenvalue weighted by Crippen LogP contribution is -2.29. The van der Waals surface area contributed by atoms with Crippen LogP contribution in [0.1, 0.15) is 34.7 Å². The van der Waals surface area contributed by atoms with Crippen molar-refractivity contribution in [2.24, 2.45) is 0 Å². The molecular formula is C26H22BrFN4S. The summed E-state index contributed by atoms with van der Waals surface area (Å²) in [4.78, 5) is 6.69. The maximum Gasteiger partial charge on any atom is 0.174 e. The Hall–Kier alpha value is -3.03. The molecule has 1 N–H and O–H groups in total. The number of thiocarbonyl (C=S) groups is 1. The lowest BCUT2D eigenvalue weighted by Gasteiger charge is -2.28. The van der Waals surface area contributed by atoms with Crippen LogP contribution in [-0.2, 0) is 0 Å². The van der Waals surface area contributed by atoms with Gasteiger partial charge in [0.2, 0.25) is 0 Å². The summed E-state index contributed by atoms with van der Waals surface area (Å²) in [6.07, 6.45) is 1.79. The standard InChI is InChI=1S/C26H22BrFN4S/c1-16-14-22(17(2)31(16)21-7-5-6-18(27)15-21)25-24(23-8-3-4-13-29-23)30-26(33)32(25)20-11-9-19(28)10-12-20/h3-15,24-25H,1-2H3,(H,30,33)/t24-,25-/m1/s1. The maximum atomic E-state index is 13.7. The van der Waals surface area contributed by atoms with E-state index in [1.807, 2.05) is 30.3 Å². The molecule has 3 heterocycles. The normalized spacial score (nSPS) is 17.9. The average Bonchev–Trinajstić information content (AvgIpc) is 3.30. The SMILES string of the molecule is Cc1cc([C@@H]2[C@@H](c3ccccn3)NC(=S)N2c2ccc(F)cc2)c(C)n1-c1cccc(Br)c1. The highest BCUT2D eigenvalue weighted by molar-refractivity contribution is 9.10. The first-order chi connectivity index (χ1) is 15.9. The Labute approximate surface area is 206 Å². The zero-order valence-electron chi connectivity index (χ0n) is 18.2. The third-order valence-corrected chi connectivity index (χ3v) is 6.87. The van der Waals surface area contributed by atoms with Gasteiger partial charge < -0.3 is 14.8 Å². The van der Waals surface area contributed by atoms with Crippen molar-refractivity contribution in [1.29, 1.82) is 0 Å². The lowest BCUT2D eigenvalue weighted by molar-refractivity contribution is 0.565. The number of halogens is 2. The highest BCUT2D eigenvalue weighted by Gasteiger charge is 2.42.